The Labute approximate surface area is 48.8 Å². The summed E-state index contributed by atoms with van der Waals surface area (Å²) in [7, 11) is 0. The van der Waals surface area contributed by atoms with Gasteiger partial charge in [-0.25, -0.2) is 0 Å². The van der Waals surface area contributed by atoms with E-state index in [1.807, 2.05) is 12.2 Å². The van der Waals surface area contributed by atoms with Crippen LogP contribution in [0.5, 0.6) is 0 Å². The lowest BCUT2D eigenvalue weighted by Gasteiger charge is -2.04. The van der Waals surface area contributed by atoms with Gasteiger partial charge in [0.15, 0.2) is 6.29 Å². The molecule has 2 heteroatoms. The van der Waals surface area contributed by atoms with Gasteiger partial charge in [-0.15, -0.1) is 0 Å². The van der Waals surface area contributed by atoms with E-state index in [4.69, 9.17) is 9.84 Å². The molecule has 0 aliphatic carbocycles. The summed E-state index contributed by atoms with van der Waals surface area (Å²) in [5, 5.41) is 8.83. The van der Waals surface area contributed by atoms with E-state index in [-0.39, 0.29) is 0 Å². The van der Waals surface area contributed by atoms with Crippen LogP contribution in [0.1, 0.15) is 12.8 Å². The highest BCUT2D eigenvalue weighted by Crippen LogP contribution is 2.03. The lowest BCUT2D eigenvalue weighted by molar-refractivity contribution is -0.0894. The number of aliphatic hydroxyl groups excluding tert-OH is 1. The Kier molecular flexibility index (Phi) is 2.06. The molecule has 0 aromatic carbocycles. The fourth-order valence-electron chi connectivity index (χ4n) is 0.675. The van der Waals surface area contributed by atoms with Crippen LogP contribution < -0.4 is 0 Å². The highest BCUT2D eigenvalue weighted by Gasteiger charge is 2.02. The van der Waals surface area contributed by atoms with Crippen LogP contribution in [-0.4, -0.2) is 18.0 Å². The van der Waals surface area contributed by atoms with Gasteiger partial charge in [-0.1, -0.05) is 12.2 Å². The molecule has 0 fully saturated rings. The summed E-state index contributed by atoms with van der Waals surface area (Å²) in [4.78, 5) is 0. The van der Waals surface area contributed by atoms with Crippen molar-refractivity contribution >= 4 is 0 Å². The molecule has 0 amide bonds. The number of aliphatic hydroxyl groups is 1. The summed E-state index contributed by atoms with van der Waals surface area (Å²) in [6.07, 6.45) is 5.08. The second-order valence-corrected chi connectivity index (χ2v) is 1.84. The fraction of sp³-hybridized carbons (Fsp3) is 0.667. The van der Waals surface area contributed by atoms with Gasteiger partial charge in [0, 0.05) is 6.42 Å². The van der Waals surface area contributed by atoms with E-state index in [0.29, 0.717) is 6.61 Å². The summed E-state index contributed by atoms with van der Waals surface area (Å²) in [6, 6.07) is 0. The summed E-state index contributed by atoms with van der Waals surface area (Å²) in [6.45, 7) is 0.557. The second-order valence-electron chi connectivity index (χ2n) is 1.84. The monoisotopic (exact) mass is 114 g/mol. The maximum Gasteiger partial charge on any atom is 0.155 e. The van der Waals surface area contributed by atoms with E-state index >= 15 is 0 Å². The van der Waals surface area contributed by atoms with Crippen molar-refractivity contribution in [1.29, 1.82) is 0 Å². The Morgan fingerprint density at radius 1 is 1.50 bits per heavy atom. The van der Waals surface area contributed by atoms with Crippen LogP contribution >= 0.6 is 0 Å². The molecule has 1 heterocycles. The molecule has 1 aliphatic heterocycles. The normalized spacial score (nSPS) is 29.9. The van der Waals surface area contributed by atoms with Crippen LogP contribution in [0.3, 0.4) is 0 Å². The minimum absolute atomic E-state index is 0.537. The van der Waals surface area contributed by atoms with Crippen LogP contribution in [0.4, 0.5) is 0 Å². The summed E-state index contributed by atoms with van der Waals surface area (Å²) in [5.74, 6) is 0. The number of rotatable bonds is 0. The molecule has 8 heavy (non-hydrogen) atoms. The van der Waals surface area contributed by atoms with E-state index in [1.165, 1.54) is 0 Å². The van der Waals surface area contributed by atoms with E-state index in [2.05, 4.69) is 0 Å². The highest BCUT2D eigenvalue weighted by atomic mass is 16.6. The van der Waals surface area contributed by atoms with Crippen molar-refractivity contribution in [3.05, 3.63) is 12.2 Å². The van der Waals surface area contributed by atoms with E-state index in [0.717, 1.165) is 12.8 Å². The van der Waals surface area contributed by atoms with Gasteiger partial charge < -0.3 is 9.84 Å². The third-order valence-corrected chi connectivity index (χ3v) is 1.13. The first-order valence-electron chi connectivity index (χ1n) is 2.84. The summed E-state index contributed by atoms with van der Waals surface area (Å²) >= 11 is 0. The molecule has 0 radical (unpaired) electrons. The molecule has 46 valence electrons. The van der Waals surface area contributed by atoms with Crippen molar-refractivity contribution in [1.82, 2.24) is 0 Å². The van der Waals surface area contributed by atoms with Crippen molar-refractivity contribution in [2.75, 3.05) is 6.61 Å². The zero-order valence-corrected chi connectivity index (χ0v) is 4.71. The molecule has 0 saturated carbocycles. The minimum Gasteiger partial charge on any atom is -0.368 e. The molecule has 0 saturated heterocycles. The molecule has 1 atom stereocenters. The van der Waals surface area contributed by atoms with E-state index in [1.54, 1.807) is 0 Å². The smallest absolute Gasteiger partial charge is 0.155 e. The van der Waals surface area contributed by atoms with Crippen molar-refractivity contribution < 1.29 is 9.84 Å². The Hall–Kier alpha value is -0.340. The van der Waals surface area contributed by atoms with E-state index in [9.17, 15) is 0 Å². The topological polar surface area (TPSA) is 29.5 Å². The SMILES string of the molecule is OC1CCC=CCO1. The predicted octanol–water partition coefficient (Wildman–Crippen LogP) is 0.671. The average Bonchev–Trinajstić information content (AvgIpc) is 1.94. The second kappa shape index (κ2) is 2.84. The van der Waals surface area contributed by atoms with Gasteiger partial charge in [0.1, 0.15) is 0 Å². The van der Waals surface area contributed by atoms with Crippen molar-refractivity contribution in [3.63, 3.8) is 0 Å². The van der Waals surface area contributed by atoms with Crippen LogP contribution in [0.15, 0.2) is 12.2 Å². The lowest BCUT2D eigenvalue weighted by Crippen LogP contribution is -2.08. The van der Waals surface area contributed by atoms with Crippen LogP contribution in [0, 0.1) is 0 Å². The maximum absolute atomic E-state index is 8.83. The van der Waals surface area contributed by atoms with Crippen LogP contribution in [0.25, 0.3) is 0 Å². The highest BCUT2D eigenvalue weighted by molar-refractivity contribution is 4.83. The molecule has 1 unspecified atom stereocenters. The maximum atomic E-state index is 8.83. The average molecular weight is 114 g/mol. The van der Waals surface area contributed by atoms with Crippen molar-refractivity contribution in [3.8, 4) is 0 Å². The molecule has 0 spiro atoms. The van der Waals surface area contributed by atoms with Gasteiger partial charge in [0.2, 0.25) is 0 Å². The first-order chi connectivity index (χ1) is 3.89. The summed E-state index contributed by atoms with van der Waals surface area (Å²) in [5.41, 5.74) is 0. The number of allylic oxidation sites excluding steroid dienone is 1. The van der Waals surface area contributed by atoms with Gasteiger partial charge in [-0.3, -0.25) is 0 Å². The Morgan fingerprint density at radius 2 is 2.38 bits per heavy atom. The van der Waals surface area contributed by atoms with E-state index < -0.39 is 6.29 Å². The third-order valence-electron chi connectivity index (χ3n) is 1.13. The molecule has 1 rings (SSSR count). The zero-order chi connectivity index (χ0) is 5.82. The van der Waals surface area contributed by atoms with Gasteiger partial charge in [-0.2, -0.15) is 0 Å². The molecular formula is C6H10O2. The van der Waals surface area contributed by atoms with Crippen LogP contribution in [0.2, 0.25) is 0 Å². The van der Waals surface area contributed by atoms with Gasteiger partial charge in [0.25, 0.3) is 0 Å². The fourth-order valence-corrected chi connectivity index (χ4v) is 0.675. The summed E-state index contributed by atoms with van der Waals surface area (Å²) < 4.78 is 4.87. The molecule has 0 aromatic rings. The van der Waals surface area contributed by atoms with Crippen molar-refractivity contribution in [2.24, 2.45) is 0 Å². The zero-order valence-electron chi connectivity index (χ0n) is 4.71. The minimum atomic E-state index is -0.537. The first-order valence-corrected chi connectivity index (χ1v) is 2.84. The molecule has 0 aromatic heterocycles. The molecule has 1 aliphatic rings. The van der Waals surface area contributed by atoms with Gasteiger partial charge >= 0.3 is 0 Å². The standard InChI is InChI=1S/C6H10O2/c7-6-4-2-1-3-5-8-6/h1,3,6-7H,2,4-5H2. The quantitative estimate of drug-likeness (QED) is 0.469. The first kappa shape index (κ1) is 5.79. The molecular weight excluding hydrogens is 104 g/mol. The number of ether oxygens (including phenoxy) is 1. The Morgan fingerprint density at radius 3 is 3.25 bits per heavy atom. The largest absolute Gasteiger partial charge is 0.368 e. The molecule has 2 nitrogen and oxygen atoms in total. The van der Waals surface area contributed by atoms with Crippen LogP contribution in [-0.2, 0) is 4.74 Å². The molecule has 1 N–H and O–H groups in total. The Balaban J connectivity index is 2.28. The predicted molar refractivity (Wildman–Crippen MR) is 30.3 cm³/mol. The third kappa shape index (κ3) is 1.64. The Bertz CT molecular complexity index is 78.5. The van der Waals surface area contributed by atoms with Gasteiger partial charge in [0.05, 0.1) is 6.61 Å². The number of hydrogen-bond acceptors (Lipinski definition) is 2. The van der Waals surface area contributed by atoms with Crippen molar-refractivity contribution in [2.45, 2.75) is 19.1 Å². The molecule has 0 bridgehead atoms. The van der Waals surface area contributed by atoms with Gasteiger partial charge in [-0.05, 0) is 6.42 Å². The lowest BCUT2D eigenvalue weighted by atomic mass is 10.3. The number of hydrogen-bond donors (Lipinski definition) is 1.